The van der Waals surface area contributed by atoms with Gasteiger partial charge in [-0.15, -0.1) is 0 Å². The third-order valence-corrected chi connectivity index (χ3v) is 4.41. The fraction of sp³-hybridized carbons (Fsp3) is 0.538. The van der Waals surface area contributed by atoms with Gasteiger partial charge in [-0.2, -0.15) is 13.2 Å². The number of alkyl halides is 3. The van der Waals surface area contributed by atoms with Gasteiger partial charge in [-0.25, -0.2) is 0 Å². The van der Waals surface area contributed by atoms with Crippen molar-refractivity contribution in [2.45, 2.75) is 37.9 Å². The normalized spacial score (nSPS) is 24.3. The van der Waals surface area contributed by atoms with Gasteiger partial charge >= 0.3 is 6.18 Å². The van der Waals surface area contributed by atoms with Crippen LogP contribution in [0.25, 0.3) is 0 Å². The molecule has 0 bridgehead atoms. The van der Waals surface area contributed by atoms with E-state index in [1.165, 1.54) is 0 Å². The van der Waals surface area contributed by atoms with Crippen molar-refractivity contribution in [3.05, 3.63) is 26.8 Å². The molecule has 0 radical (unpaired) electrons. The molecule has 1 N–H and O–H groups in total. The summed E-state index contributed by atoms with van der Waals surface area (Å²) in [4.78, 5) is 0. The van der Waals surface area contributed by atoms with E-state index in [1.54, 1.807) is 6.07 Å². The van der Waals surface area contributed by atoms with Crippen LogP contribution in [0.1, 0.15) is 25.7 Å². The van der Waals surface area contributed by atoms with Gasteiger partial charge in [0, 0.05) is 9.61 Å². The lowest BCUT2D eigenvalue weighted by Crippen LogP contribution is -2.34. The van der Waals surface area contributed by atoms with E-state index in [0.29, 0.717) is 11.4 Å². The highest BCUT2D eigenvalue weighted by Crippen LogP contribution is 2.38. The number of benzene rings is 1. The fourth-order valence-electron chi connectivity index (χ4n) is 2.44. The van der Waals surface area contributed by atoms with Gasteiger partial charge in [0.05, 0.1) is 16.6 Å². The van der Waals surface area contributed by atoms with E-state index in [9.17, 15) is 13.2 Å². The van der Waals surface area contributed by atoms with Crippen LogP contribution in [0.2, 0.25) is 5.02 Å². The van der Waals surface area contributed by atoms with Crippen LogP contribution >= 0.6 is 34.2 Å². The van der Waals surface area contributed by atoms with Crippen LogP contribution in [0.4, 0.5) is 18.9 Å². The van der Waals surface area contributed by atoms with Gasteiger partial charge in [0.1, 0.15) is 0 Å². The number of hydrogen-bond donors (Lipinski definition) is 1. The molecule has 1 fully saturated rings. The van der Waals surface area contributed by atoms with Crippen LogP contribution in [0.3, 0.4) is 0 Å². The van der Waals surface area contributed by atoms with E-state index in [4.69, 9.17) is 11.6 Å². The van der Waals surface area contributed by atoms with Crippen LogP contribution in [0, 0.1) is 9.49 Å². The van der Waals surface area contributed by atoms with Crippen LogP contribution in [-0.2, 0) is 0 Å². The molecule has 0 spiro atoms. The van der Waals surface area contributed by atoms with Crippen molar-refractivity contribution in [3.63, 3.8) is 0 Å². The van der Waals surface area contributed by atoms with E-state index in [1.807, 2.05) is 12.1 Å². The van der Waals surface area contributed by atoms with Crippen molar-refractivity contribution >= 4 is 39.9 Å². The second-order valence-corrected chi connectivity index (χ2v) is 6.52. The lowest BCUT2D eigenvalue weighted by molar-refractivity contribution is -0.182. The molecular formula is C13H14ClF3IN. The minimum absolute atomic E-state index is 0.131. The molecule has 0 amide bonds. The number of rotatable bonds is 2. The van der Waals surface area contributed by atoms with Gasteiger partial charge in [-0.1, -0.05) is 18.0 Å². The third-order valence-electron chi connectivity index (χ3n) is 3.43. The Balaban J connectivity index is 2.03. The zero-order valence-corrected chi connectivity index (χ0v) is 13.0. The molecule has 1 aliphatic carbocycles. The monoisotopic (exact) mass is 403 g/mol. The van der Waals surface area contributed by atoms with Gasteiger partial charge in [0.15, 0.2) is 0 Å². The largest absolute Gasteiger partial charge is 0.391 e. The zero-order valence-electron chi connectivity index (χ0n) is 10.1. The maximum atomic E-state index is 12.7. The van der Waals surface area contributed by atoms with E-state index in [-0.39, 0.29) is 18.9 Å². The summed E-state index contributed by atoms with van der Waals surface area (Å²) in [5.41, 5.74) is 0.718. The number of nitrogens with one attached hydrogen (secondary N) is 1. The topological polar surface area (TPSA) is 12.0 Å². The Labute approximate surface area is 129 Å². The molecule has 1 saturated carbocycles. The van der Waals surface area contributed by atoms with Crippen LogP contribution in [0.15, 0.2) is 18.2 Å². The smallest absolute Gasteiger partial charge is 0.381 e. The summed E-state index contributed by atoms with van der Waals surface area (Å²) in [6, 6.07) is 5.35. The molecular weight excluding hydrogens is 390 g/mol. The van der Waals surface area contributed by atoms with Crippen LogP contribution in [0.5, 0.6) is 0 Å². The van der Waals surface area contributed by atoms with E-state index in [2.05, 4.69) is 27.9 Å². The van der Waals surface area contributed by atoms with Crippen molar-refractivity contribution in [1.29, 1.82) is 0 Å². The fourth-order valence-corrected chi connectivity index (χ4v) is 3.36. The van der Waals surface area contributed by atoms with E-state index >= 15 is 0 Å². The Morgan fingerprint density at radius 2 is 2.00 bits per heavy atom. The zero-order chi connectivity index (χ0) is 14.0. The van der Waals surface area contributed by atoms with Crippen LogP contribution < -0.4 is 5.32 Å². The SMILES string of the molecule is FC(F)(F)C1CCCC(Nc2ccc(I)cc2Cl)C1. The van der Waals surface area contributed by atoms with Crippen molar-refractivity contribution < 1.29 is 13.2 Å². The Bertz CT molecular complexity index is 450. The quantitative estimate of drug-likeness (QED) is 0.645. The average molecular weight is 404 g/mol. The first-order valence-electron chi connectivity index (χ1n) is 6.14. The van der Waals surface area contributed by atoms with Gasteiger partial charge < -0.3 is 5.32 Å². The second kappa shape index (κ2) is 6.08. The molecule has 2 rings (SSSR count). The predicted octanol–water partition coefficient (Wildman–Crippen LogP) is 5.48. The van der Waals surface area contributed by atoms with E-state index < -0.39 is 12.1 Å². The Hall–Kier alpha value is -0.170. The Kier molecular flexibility index (Phi) is 4.87. The van der Waals surface area contributed by atoms with Crippen molar-refractivity contribution in [2.75, 3.05) is 5.32 Å². The molecule has 1 nitrogen and oxygen atoms in total. The highest BCUT2D eigenvalue weighted by atomic mass is 127. The molecule has 0 aromatic heterocycles. The predicted molar refractivity (Wildman–Crippen MR) is 79.6 cm³/mol. The first-order valence-corrected chi connectivity index (χ1v) is 7.60. The number of anilines is 1. The summed E-state index contributed by atoms with van der Waals surface area (Å²) in [6.45, 7) is 0. The summed E-state index contributed by atoms with van der Waals surface area (Å²) < 4.78 is 39.2. The maximum absolute atomic E-state index is 12.7. The molecule has 19 heavy (non-hydrogen) atoms. The molecule has 1 aromatic rings. The van der Waals surface area contributed by atoms with Gasteiger partial charge in [0.2, 0.25) is 0 Å². The van der Waals surface area contributed by atoms with Gasteiger partial charge in [-0.3, -0.25) is 0 Å². The minimum Gasteiger partial charge on any atom is -0.381 e. The standard InChI is InChI=1S/C13H14ClF3IN/c14-11-7-9(18)4-5-12(11)19-10-3-1-2-8(6-10)13(15,16)17/h4-5,7-8,10,19H,1-3,6H2. The van der Waals surface area contributed by atoms with Crippen LogP contribution in [-0.4, -0.2) is 12.2 Å². The summed E-state index contributed by atoms with van der Waals surface area (Å²) in [6.07, 6.45) is -2.36. The first-order chi connectivity index (χ1) is 8.86. The summed E-state index contributed by atoms with van der Waals surface area (Å²) in [7, 11) is 0. The van der Waals surface area contributed by atoms with Crippen molar-refractivity contribution in [3.8, 4) is 0 Å². The molecule has 0 aliphatic heterocycles. The highest BCUT2D eigenvalue weighted by Gasteiger charge is 2.42. The summed E-state index contributed by atoms with van der Waals surface area (Å²) in [5, 5.41) is 3.70. The minimum atomic E-state index is -4.09. The molecule has 0 heterocycles. The lowest BCUT2D eigenvalue weighted by Gasteiger charge is -2.31. The molecule has 2 unspecified atom stereocenters. The third kappa shape index (κ3) is 4.15. The lowest BCUT2D eigenvalue weighted by atomic mass is 9.85. The molecule has 6 heteroatoms. The molecule has 0 saturated heterocycles. The van der Waals surface area contributed by atoms with E-state index in [0.717, 1.165) is 15.7 Å². The van der Waals surface area contributed by atoms with Gasteiger partial charge in [-0.05, 0) is 60.1 Å². The molecule has 106 valence electrons. The first kappa shape index (κ1) is 15.2. The van der Waals surface area contributed by atoms with Crippen molar-refractivity contribution in [1.82, 2.24) is 0 Å². The molecule has 2 atom stereocenters. The second-order valence-electron chi connectivity index (χ2n) is 4.87. The maximum Gasteiger partial charge on any atom is 0.391 e. The number of hydrogen-bond acceptors (Lipinski definition) is 1. The van der Waals surface area contributed by atoms with Crippen molar-refractivity contribution in [2.24, 2.45) is 5.92 Å². The highest BCUT2D eigenvalue weighted by molar-refractivity contribution is 14.1. The summed E-state index contributed by atoms with van der Waals surface area (Å²) >= 11 is 8.23. The number of halogens is 5. The Morgan fingerprint density at radius 1 is 1.26 bits per heavy atom. The average Bonchev–Trinajstić information content (AvgIpc) is 2.32. The molecule has 1 aliphatic rings. The molecule has 1 aromatic carbocycles. The summed E-state index contributed by atoms with van der Waals surface area (Å²) in [5.74, 6) is -1.19. The van der Waals surface area contributed by atoms with Gasteiger partial charge in [0.25, 0.3) is 0 Å². The Morgan fingerprint density at radius 3 is 2.63 bits per heavy atom.